The Labute approximate surface area is 166 Å². The van der Waals surface area contributed by atoms with Gasteiger partial charge in [-0.25, -0.2) is 4.90 Å². The summed E-state index contributed by atoms with van der Waals surface area (Å²) in [7, 11) is 3.06. The Bertz CT molecular complexity index is 1030. The molecule has 2 amide bonds. The Morgan fingerprint density at radius 1 is 1.07 bits per heavy atom. The van der Waals surface area contributed by atoms with Crippen molar-refractivity contribution in [3.63, 3.8) is 0 Å². The average molecular weight is 401 g/mol. The highest BCUT2D eigenvalue weighted by atomic mass is 35.5. The standard InChI is InChI=1S/C20H17ClN2O5/c1-10-4-6-12(21)9-13(10)23-19(24)16-17(22-28-18(16)20(23)25)11-5-7-14(26-2)15(8-11)27-3/h4-9,18,22H,1-3H3/t18-/m1/s1. The van der Waals surface area contributed by atoms with Crippen LogP contribution in [0.1, 0.15) is 11.1 Å². The van der Waals surface area contributed by atoms with Gasteiger partial charge in [-0.2, -0.15) is 0 Å². The van der Waals surface area contributed by atoms with Crippen LogP contribution in [0.2, 0.25) is 5.02 Å². The Balaban J connectivity index is 1.81. The molecule has 1 N–H and O–H groups in total. The number of fused-ring (bicyclic) bond motifs is 1. The van der Waals surface area contributed by atoms with E-state index in [4.69, 9.17) is 25.9 Å². The van der Waals surface area contributed by atoms with E-state index in [0.29, 0.717) is 33.5 Å². The number of imide groups is 1. The average Bonchev–Trinajstić information content (AvgIpc) is 3.24. The third-order valence-electron chi connectivity index (χ3n) is 4.77. The van der Waals surface area contributed by atoms with Crippen molar-refractivity contribution in [1.29, 1.82) is 0 Å². The lowest BCUT2D eigenvalue weighted by Crippen LogP contribution is -2.34. The maximum Gasteiger partial charge on any atom is 0.270 e. The number of hydrogen-bond donors (Lipinski definition) is 1. The van der Waals surface area contributed by atoms with Crippen LogP contribution in [0.5, 0.6) is 11.5 Å². The van der Waals surface area contributed by atoms with Gasteiger partial charge >= 0.3 is 0 Å². The van der Waals surface area contributed by atoms with E-state index in [1.165, 1.54) is 14.2 Å². The number of halogens is 1. The van der Waals surface area contributed by atoms with E-state index in [1.807, 2.05) is 6.92 Å². The number of hydrogen-bond acceptors (Lipinski definition) is 6. The van der Waals surface area contributed by atoms with E-state index in [0.717, 1.165) is 10.5 Å². The molecule has 2 aromatic rings. The summed E-state index contributed by atoms with van der Waals surface area (Å²) >= 11 is 6.07. The molecule has 1 atom stereocenters. The summed E-state index contributed by atoms with van der Waals surface area (Å²) in [6.07, 6.45) is -1.02. The van der Waals surface area contributed by atoms with Gasteiger partial charge in [-0.1, -0.05) is 17.7 Å². The van der Waals surface area contributed by atoms with Gasteiger partial charge in [0, 0.05) is 10.6 Å². The van der Waals surface area contributed by atoms with Crippen molar-refractivity contribution in [2.24, 2.45) is 0 Å². The van der Waals surface area contributed by atoms with Gasteiger partial charge in [-0.05, 0) is 42.8 Å². The van der Waals surface area contributed by atoms with Crippen molar-refractivity contribution in [3.05, 3.63) is 58.1 Å². The van der Waals surface area contributed by atoms with Crippen molar-refractivity contribution in [3.8, 4) is 11.5 Å². The molecular formula is C20H17ClN2O5. The van der Waals surface area contributed by atoms with Crippen LogP contribution in [0.15, 0.2) is 42.0 Å². The van der Waals surface area contributed by atoms with Crippen LogP contribution < -0.4 is 19.9 Å². The Morgan fingerprint density at radius 2 is 1.82 bits per heavy atom. The fourth-order valence-electron chi connectivity index (χ4n) is 3.35. The molecule has 7 nitrogen and oxygen atoms in total. The van der Waals surface area contributed by atoms with Crippen molar-refractivity contribution in [2.45, 2.75) is 13.0 Å². The van der Waals surface area contributed by atoms with Crippen LogP contribution in [0.3, 0.4) is 0 Å². The summed E-state index contributed by atoms with van der Waals surface area (Å²) in [5, 5.41) is 0.436. The molecule has 0 spiro atoms. The highest BCUT2D eigenvalue weighted by molar-refractivity contribution is 6.34. The zero-order chi connectivity index (χ0) is 20.0. The fourth-order valence-corrected chi connectivity index (χ4v) is 3.52. The van der Waals surface area contributed by atoms with E-state index in [-0.39, 0.29) is 5.57 Å². The summed E-state index contributed by atoms with van der Waals surface area (Å²) in [6.45, 7) is 1.81. The molecule has 2 aliphatic rings. The minimum Gasteiger partial charge on any atom is -0.493 e. The SMILES string of the molecule is COc1ccc(C2=C3C(=O)N(c4cc(Cl)ccc4C)C(=O)[C@@H]3ON2)cc1OC. The second-order valence-corrected chi connectivity index (χ2v) is 6.80. The fraction of sp³-hybridized carbons (Fsp3) is 0.200. The first-order chi connectivity index (χ1) is 13.5. The number of aryl methyl sites for hydroxylation is 1. The molecule has 28 heavy (non-hydrogen) atoms. The number of amides is 2. The summed E-state index contributed by atoms with van der Waals surface area (Å²) in [5.41, 5.74) is 5.22. The molecule has 1 saturated heterocycles. The zero-order valence-corrected chi connectivity index (χ0v) is 16.2. The number of methoxy groups -OCH3 is 2. The second kappa shape index (κ2) is 6.85. The summed E-state index contributed by atoms with van der Waals surface area (Å²) in [4.78, 5) is 32.6. The maximum atomic E-state index is 13.2. The first kappa shape index (κ1) is 18.3. The molecule has 0 bridgehead atoms. The quantitative estimate of drug-likeness (QED) is 0.795. The minimum absolute atomic E-state index is 0.247. The first-order valence-electron chi connectivity index (χ1n) is 8.49. The molecular weight excluding hydrogens is 384 g/mol. The zero-order valence-electron chi connectivity index (χ0n) is 15.4. The number of carbonyl (C=O) groups excluding carboxylic acids is 2. The van der Waals surface area contributed by atoms with Gasteiger partial charge in [0.05, 0.1) is 31.2 Å². The number of benzene rings is 2. The van der Waals surface area contributed by atoms with Gasteiger partial charge in [0.25, 0.3) is 11.8 Å². The van der Waals surface area contributed by atoms with Crippen molar-refractivity contribution >= 4 is 34.8 Å². The number of nitrogens with one attached hydrogen (secondary N) is 1. The molecule has 2 aliphatic heterocycles. The Morgan fingerprint density at radius 3 is 2.54 bits per heavy atom. The van der Waals surface area contributed by atoms with Crippen LogP contribution in [0.25, 0.3) is 5.70 Å². The predicted molar refractivity (Wildman–Crippen MR) is 103 cm³/mol. The summed E-state index contributed by atoms with van der Waals surface area (Å²) in [6, 6.07) is 10.3. The Kier molecular flexibility index (Phi) is 4.49. The third-order valence-corrected chi connectivity index (χ3v) is 5.01. The molecule has 2 heterocycles. The molecule has 1 fully saturated rings. The number of hydroxylamine groups is 1. The molecule has 0 radical (unpaired) electrons. The van der Waals surface area contributed by atoms with Crippen LogP contribution >= 0.6 is 11.6 Å². The van der Waals surface area contributed by atoms with Gasteiger partial charge in [0.1, 0.15) is 0 Å². The summed E-state index contributed by atoms with van der Waals surface area (Å²) < 4.78 is 10.6. The Hall–Kier alpha value is -3.03. The largest absolute Gasteiger partial charge is 0.493 e. The number of nitrogens with zero attached hydrogens (tertiary/aromatic N) is 1. The van der Waals surface area contributed by atoms with Gasteiger partial charge in [0.2, 0.25) is 0 Å². The number of rotatable bonds is 4. The third kappa shape index (κ3) is 2.71. The maximum absolute atomic E-state index is 13.2. The lowest BCUT2D eigenvalue weighted by molar-refractivity contribution is -0.127. The van der Waals surface area contributed by atoms with E-state index in [1.54, 1.807) is 36.4 Å². The van der Waals surface area contributed by atoms with Gasteiger partial charge in [0.15, 0.2) is 17.6 Å². The van der Waals surface area contributed by atoms with Gasteiger partial charge < -0.3 is 9.47 Å². The van der Waals surface area contributed by atoms with Gasteiger partial charge in [-0.3, -0.25) is 19.9 Å². The number of anilines is 1. The van der Waals surface area contributed by atoms with Crippen LogP contribution in [0, 0.1) is 6.92 Å². The lowest BCUT2D eigenvalue weighted by Gasteiger charge is -2.18. The molecule has 144 valence electrons. The molecule has 0 unspecified atom stereocenters. The monoisotopic (exact) mass is 400 g/mol. The molecule has 2 aromatic carbocycles. The van der Waals surface area contributed by atoms with Crippen LogP contribution in [-0.4, -0.2) is 32.1 Å². The van der Waals surface area contributed by atoms with E-state index < -0.39 is 17.9 Å². The molecule has 8 heteroatoms. The number of carbonyl (C=O) groups is 2. The van der Waals surface area contributed by atoms with Crippen molar-refractivity contribution < 1.29 is 23.9 Å². The highest BCUT2D eigenvalue weighted by Crippen LogP contribution is 2.39. The smallest absolute Gasteiger partial charge is 0.270 e. The van der Waals surface area contributed by atoms with Crippen molar-refractivity contribution in [2.75, 3.05) is 19.1 Å². The number of ether oxygens (including phenoxy) is 2. The van der Waals surface area contributed by atoms with E-state index >= 15 is 0 Å². The molecule has 0 aromatic heterocycles. The predicted octanol–water partition coefficient (Wildman–Crippen LogP) is 2.85. The normalized spacial score (nSPS) is 18.4. The second-order valence-electron chi connectivity index (χ2n) is 6.37. The highest BCUT2D eigenvalue weighted by Gasteiger charge is 2.51. The minimum atomic E-state index is -1.02. The molecule has 4 rings (SSSR count). The molecule has 0 saturated carbocycles. The first-order valence-corrected chi connectivity index (χ1v) is 8.86. The van der Waals surface area contributed by atoms with E-state index in [9.17, 15) is 9.59 Å². The van der Waals surface area contributed by atoms with E-state index in [2.05, 4.69) is 5.48 Å². The van der Waals surface area contributed by atoms with Crippen molar-refractivity contribution in [1.82, 2.24) is 5.48 Å². The van der Waals surface area contributed by atoms with Gasteiger partial charge in [-0.15, -0.1) is 0 Å². The van der Waals surface area contributed by atoms with Crippen LogP contribution in [0.4, 0.5) is 5.69 Å². The van der Waals surface area contributed by atoms with Crippen LogP contribution in [-0.2, 0) is 14.4 Å². The summed E-state index contributed by atoms with van der Waals surface area (Å²) in [5.74, 6) is 0.137. The topological polar surface area (TPSA) is 77.1 Å². The molecule has 0 aliphatic carbocycles. The lowest BCUT2D eigenvalue weighted by atomic mass is 10.0.